The summed E-state index contributed by atoms with van der Waals surface area (Å²) >= 11 is 5.31. The fourth-order valence-electron chi connectivity index (χ4n) is 0.889. The van der Waals surface area contributed by atoms with E-state index in [1.54, 1.807) is 24.3 Å². The average molecular weight is 198 g/mol. The molecule has 0 aromatic heterocycles. The first-order valence-electron chi connectivity index (χ1n) is 3.62. The van der Waals surface area contributed by atoms with Crippen molar-refractivity contribution in [2.24, 2.45) is 5.16 Å². The third-order valence-electron chi connectivity index (χ3n) is 1.42. The topological polar surface area (TPSA) is 38.7 Å². The van der Waals surface area contributed by atoms with Gasteiger partial charge >= 0.3 is 0 Å². The third kappa shape index (κ3) is 2.56. The third-order valence-corrected chi connectivity index (χ3v) is 1.59. The van der Waals surface area contributed by atoms with Crippen molar-refractivity contribution in [1.82, 2.24) is 0 Å². The SMILES string of the molecule is CO/N=C(\C(=O)Cl)c1ccccc1. The summed E-state index contributed by atoms with van der Waals surface area (Å²) in [5, 5.41) is 2.90. The van der Waals surface area contributed by atoms with Gasteiger partial charge in [-0.05, 0) is 11.6 Å². The Hall–Kier alpha value is -1.35. The number of carbonyl (C=O) groups excluding carboxylic acids is 1. The van der Waals surface area contributed by atoms with E-state index in [-0.39, 0.29) is 5.71 Å². The van der Waals surface area contributed by atoms with E-state index < -0.39 is 5.24 Å². The molecular weight excluding hydrogens is 190 g/mol. The van der Waals surface area contributed by atoms with Crippen molar-refractivity contribution in [2.75, 3.05) is 7.11 Å². The molecule has 13 heavy (non-hydrogen) atoms. The van der Waals surface area contributed by atoms with Gasteiger partial charge in [-0.3, -0.25) is 4.79 Å². The summed E-state index contributed by atoms with van der Waals surface area (Å²) in [6.07, 6.45) is 0. The molecule has 0 saturated heterocycles. The van der Waals surface area contributed by atoms with Gasteiger partial charge in [0.25, 0.3) is 5.24 Å². The Morgan fingerprint density at radius 2 is 2.00 bits per heavy atom. The molecule has 0 aliphatic carbocycles. The maximum absolute atomic E-state index is 10.9. The van der Waals surface area contributed by atoms with Crippen LogP contribution in [0.15, 0.2) is 35.5 Å². The predicted octanol–water partition coefficient (Wildman–Crippen LogP) is 1.80. The standard InChI is InChI=1S/C9H8ClNO2/c1-13-11-8(9(10)12)7-5-3-2-4-6-7/h2-6H,1H3/b11-8-. The molecule has 0 aliphatic heterocycles. The molecule has 68 valence electrons. The predicted molar refractivity (Wildman–Crippen MR) is 50.8 cm³/mol. The van der Waals surface area contributed by atoms with Gasteiger partial charge in [0.2, 0.25) is 0 Å². The van der Waals surface area contributed by atoms with Crippen LogP contribution in [-0.2, 0) is 9.63 Å². The van der Waals surface area contributed by atoms with Gasteiger partial charge < -0.3 is 4.84 Å². The fraction of sp³-hybridized carbons (Fsp3) is 0.111. The summed E-state index contributed by atoms with van der Waals surface area (Å²) in [6.45, 7) is 0. The van der Waals surface area contributed by atoms with Crippen molar-refractivity contribution in [2.45, 2.75) is 0 Å². The quantitative estimate of drug-likeness (QED) is 0.421. The van der Waals surface area contributed by atoms with Gasteiger partial charge in [-0.2, -0.15) is 0 Å². The van der Waals surface area contributed by atoms with E-state index in [0.29, 0.717) is 5.56 Å². The van der Waals surface area contributed by atoms with Crippen LogP contribution in [0.1, 0.15) is 5.56 Å². The zero-order valence-corrected chi connectivity index (χ0v) is 7.78. The minimum atomic E-state index is -0.631. The zero-order chi connectivity index (χ0) is 9.68. The zero-order valence-electron chi connectivity index (χ0n) is 7.03. The normalized spacial score (nSPS) is 11.1. The van der Waals surface area contributed by atoms with E-state index >= 15 is 0 Å². The lowest BCUT2D eigenvalue weighted by molar-refractivity contribution is -0.106. The van der Waals surface area contributed by atoms with Crippen LogP contribution in [0.5, 0.6) is 0 Å². The summed E-state index contributed by atoms with van der Waals surface area (Å²) < 4.78 is 0. The Balaban J connectivity index is 3.03. The number of hydrogen-bond acceptors (Lipinski definition) is 3. The molecule has 0 atom stereocenters. The van der Waals surface area contributed by atoms with Crippen LogP contribution in [-0.4, -0.2) is 18.1 Å². The lowest BCUT2D eigenvalue weighted by atomic mass is 10.1. The van der Waals surface area contributed by atoms with Crippen molar-refractivity contribution >= 4 is 22.6 Å². The van der Waals surface area contributed by atoms with Crippen molar-refractivity contribution in [3.8, 4) is 0 Å². The number of carbonyl (C=O) groups is 1. The van der Waals surface area contributed by atoms with E-state index in [0.717, 1.165) is 0 Å². The molecule has 0 N–H and O–H groups in total. The second-order valence-electron chi connectivity index (χ2n) is 2.26. The Labute approximate surface area is 81.0 Å². The van der Waals surface area contributed by atoms with Crippen molar-refractivity contribution in [3.63, 3.8) is 0 Å². The first-order chi connectivity index (χ1) is 6.25. The number of benzene rings is 1. The van der Waals surface area contributed by atoms with E-state index in [9.17, 15) is 4.79 Å². The highest BCUT2D eigenvalue weighted by Crippen LogP contribution is 2.04. The molecule has 0 amide bonds. The van der Waals surface area contributed by atoms with E-state index in [4.69, 9.17) is 11.6 Å². The van der Waals surface area contributed by atoms with Gasteiger partial charge in [0.15, 0.2) is 5.71 Å². The van der Waals surface area contributed by atoms with Crippen molar-refractivity contribution in [3.05, 3.63) is 35.9 Å². The Kier molecular flexibility index (Phi) is 3.46. The van der Waals surface area contributed by atoms with Gasteiger partial charge in [0, 0.05) is 5.56 Å². The summed E-state index contributed by atoms with van der Waals surface area (Å²) in [7, 11) is 1.36. The molecule has 1 aromatic rings. The van der Waals surface area contributed by atoms with Gasteiger partial charge in [-0.25, -0.2) is 0 Å². The minimum absolute atomic E-state index is 0.116. The average Bonchev–Trinajstić information content (AvgIpc) is 2.15. The second-order valence-corrected chi connectivity index (χ2v) is 2.61. The number of hydrogen-bond donors (Lipinski definition) is 0. The molecule has 3 nitrogen and oxygen atoms in total. The number of oxime groups is 1. The number of halogens is 1. The minimum Gasteiger partial charge on any atom is -0.398 e. The van der Waals surface area contributed by atoms with Crippen LogP contribution in [0, 0.1) is 0 Å². The lowest BCUT2D eigenvalue weighted by Crippen LogP contribution is -2.09. The van der Waals surface area contributed by atoms with Crippen LogP contribution >= 0.6 is 11.6 Å². The smallest absolute Gasteiger partial charge is 0.274 e. The molecule has 0 unspecified atom stereocenters. The summed E-state index contributed by atoms with van der Waals surface area (Å²) in [6, 6.07) is 8.89. The highest BCUT2D eigenvalue weighted by Gasteiger charge is 2.10. The van der Waals surface area contributed by atoms with Gasteiger partial charge in [0.05, 0.1) is 0 Å². The fourth-order valence-corrected chi connectivity index (χ4v) is 1.03. The first-order valence-corrected chi connectivity index (χ1v) is 4.00. The van der Waals surface area contributed by atoms with Gasteiger partial charge in [0.1, 0.15) is 7.11 Å². The van der Waals surface area contributed by atoms with Crippen LogP contribution in [0.4, 0.5) is 0 Å². The number of nitrogens with zero attached hydrogens (tertiary/aromatic N) is 1. The maximum atomic E-state index is 10.9. The molecule has 0 radical (unpaired) electrons. The first kappa shape index (κ1) is 9.74. The molecule has 0 fully saturated rings. The number of rotatable bonds is 3. The van der Waals surface area contributed by atoms with E-state index in [1.165, 1.54) is 7.11 Å². The van der Waals surface area contributed by atoms with E-state index in [2.05, 4.69) is 9.99 Å². The van der Waals surface area contributed by atoms with Crippen LogP contribution < -0.4 is 0 Å². The second kappa shape index (κ2) is 4.62. The van der Waals surface area contributed by atoms with Gasteiger partial charge in [-0.1, -0.05) is 35.5 Å². The van der Waals surface area contributed by atoms with Crippen LogP contribution in [0.3, 0.4) is 0 Å². The highest BCUT2D eigenvalue weighted by molar-refractivity contribution is 6.83. The van der Waals surface area contributed by atoms with Crippen molar-refractivity contribution in [1.29, 1.82) is 0 Å². The largest absolute Gasteiger partial charge is 0.398 e. The summed E-state index contributed by atoms with van der Waals surface area (Å²) in [5.41, 5.74) is 0.758. The van der Waals surface area contributed by atoms with Crippen LogP contribution in [0.2, 0.25) is 0 Å². The maximum Gasteiger partial charge on any atom is 0.274 e. The molecule has 0 heterocycles. The Morgan fingerprint density at radius 1 is 1.38 bits per heavy atom. The molecule has 4 heteroatoms. The van der Waals surface area contributed by atoms with Crippen molar-refractivity contribution < 1.29 is 9.63 Å². The monoisotopic (exact) mass is 197 g/mol. The molecule has 1 rings (SSSR count). The van der Waals surface area contributed by atoms with Gasteiger partial charge in [-0.15, -0.1) is 0 Å². The molecule has 0 aliphatic rings. The molecule has 1 aromatic carbocycles. The highest BCUT2D eigenvalue weighted by atomic mass is 35.5. The Bertz CT molecular complexity index is 322. The molecule has 0 spiro atoms. The van der Waals surface area contributed by atoms with Crippen LogP contribution in [0.25, 0.3) is 0 Å². The Morgan fingerprint density at radius 3 is 2.46 bits per heavy atom. The van der Waals surface area contributed by atoms with E-state index in [1.807, 2.05) is 6.07 Å². The molecule has 0 saturated carbocycles. The summed E-state index contributed by atoms with van der Waals surface area (Å²) in [5.74, 6) is 0. The molecular formula is C9H8ClNO2. The summed E-state index contributed by atoms with van der Waals surface area (Å²) in [4.78, 5) is 15.4. The molecule has 0 bridgehead atoms. The lowest BCUT2D eigenvalue weighted by Gasteiger charge is -1.98.